The summed E-state index contributed by atoms with van der Waals surface area (Å²) in [5, 5.41) is 3.71. The molecule has 2 atom stereocenters. The van der Waals surface area contributed by atoms with Crippen LogP contribution in [0, 0.1) is 5.92 Å². The van der Waals surface area contributed by atoms with E-state index in [9.17, 15) is 0 Å². The Bertz CT molecular complexity index is 188. The Balaban J connectivity index is 2.12. The Morgan fingerprint density at radius 1 is 1.22 bits per heavy atom. The molecule has 2 nitrogen and oxygen atoms in total. The molecule has 0 aromatic carbocycles. The summed E-state index contributed by atoms with van der Waals surface area (Å²) in [5.74, 6) is 0.828. The van der Waals surface area contributed by atoms with E-state index in [0.717, 1.165) is 18.6 Å². The van der Waals surface area contributed by atoms with E-state index in [2.05, 4.69) is 26.1 Å². The van der Waals surface area contributed by atoms with Crippen LogP contribution in [0.15, 0.2) is 0 Å². The lowest BCUT2D eigenvalue weighted by atomic mass is 9.98. The van der Waals surface area contributed by atoms with Crippen molar-refractivity contribution in [1.29, 1.82) is 0 Å². The summed E-state index contributed by atoms with van der Waals surface area (Å²) < 4.78 is 5.69. The van der Waals surface area contributed by atoms with Gasteiger partial charge in [-0.25, -0.2) is 0 Å². The Labute approximate surface area is 114 Å². The molecular formula is C16H33NO. The Morgan fingerprint density at radius 2 is 2.06 bits per heavy atom. The lowest BCUT2D eigenvalue weighted by Gasteiger charge is -2.20. The first-order chi connectivity index (χ1) is 8.72. The maximum absolute atomic E-state index is 5.69. The van der Waals surface area contributed by atoms with Gasteiger partial charge in [0.15, 0.2) is 0 Å². The van der Waals surface area contributed by atoms with E-state index in [1.165, 1.54) is 57.9 Å². The predicted molar refractivity (Wildman–Crippen MR) is 79.0 cm³/mol. The zero-order valence-electron chi connectivity index (χ0n) is 12.7. The summed E-state index contributed by atoms with van der Waals surface area (Å²) >= 11 is 0. The molecular weight excluding hydrogens is 222 g/mol. The summed E-state index contributed by atoms with van der Waals surface area (Å²) in [5.41, 5.74) is 0. The fourth-order valence-electron chi connectivity index (χ4n) is 2.70. The van der Waals surface area contributed by atoms with Crippen LogP contribution in [0.2, 0.25) is 0 Å². The molecule has 2 unspecified atom stereocenters. The Hall–Kier alpha value is -0.0800. The van der Waals surface area contributed by atoms with E-state index in [-0.39, 0.29) is 0 Å². The molecule has 2 heteroatoms. The fourth-order valence-corrected chi connectivity index (χ4v) is 2.70. The highest BCUT2D eigenvalue weighted by molar-refractivity contribution is 4.71. The molecule has 0 aromatic rings. The quantitative estimate of drug-likeness (QED) is 0.633. The van der Waals surface area contributed by atoms with Gasteiger partial charge in [-0.3, -0.25) is 0 Å². The topological polar surface area (TPSA) is 21.3 Å². The lowest BCUT2D eigenvalue weighted by molar-refractivity contribution is 0.101. The molecule has 18 heavy (non-hydrogen) atoms. The molecule has 0 radical (unpaired) electrons. The van der Waals surface area contributed by atoms with Crippen molar-refractivity contribution in [1.82, 2.24) is 5.32 Å². The molecule has 1 rings (SSSR count). The lowest BCUT2D eigenvalue weighted by Crippen LogP contribution is -2.30. The van der Waals surface area contributed by atoms with Gasteiger partial charge >= 0.3 is 0 Å². The van der Waals surface area contributed by atoms with Crippen LogP contribution < -0.4 is 5.32 Å². The van der Waals surface area contributed by atoms with Gasteiger partial charge in [0.25, 0.3) is 0 Å². The van der Waals surface area contributed by atoms with E-state index >= 15 is 0 Å². The van der Waals surface area contributed by atoms with Crippen LogP contribution in [-0.2, 0) is 4.74 Å². The van der Waals surface area contributed by atoms with Crippen molar-refractivity contribution < 1.29 is 4.74 Å². The Morgan fingerprint density at radius 3 is 2.67 bits per heavy atom. The molecule has 0 bridgehead atoms. The van der Waals surface area contributed by atoms with Crippen LogP contribution in [-0.4, -0.2) is 25.3 Å². The minimum Gasteiger partial charge on any atom is -0.378 e. The second-order valence-corrected chi connectivity index (χ2v) is 6.19. The second kappa shape index (κ2) is 9.80. The summed E-state index contributed by atoms with van der Waals surface area (Å²) in [6.07, 6.45) is 11.0. The largest absolute Gasteiger partial charge is 0.378 e. The molecule has 0 aliphatic carbocycles. The third-order valence-corrected chi connectivity index (χ3v) is 3.88. The molecule has 0 saturated carbocycles. The average molecular weight is 255 g/mol. The zero-order chi connectivity index (χ0) is 13.2. The minimum absolute atomic E-state index is 0.571. The molecule has 1 aliphatic rings. The number of rotatable bonds is 10. The first kappa shape index (κ1) is 16.0. The van der Waals surface area contributed by atoms with Crippen molar-refractivity contribution in [2.45, 2.75) is 84.3 Å². The first-order valence-corrected chi connectivity index (χ1v) is 8.07. The highest BCUT2D eigenvalue weighted by Crippen LogP contribution is 2.19. The summed E-state index contributed by atoms with van der Waals surface area (Å²) in [6.45, 7) is 9.06. The molecule has 1 aliphatic heterocycles. The summed E-state index contributed by atoms with van der Waals surface area (Å²) in [4.78, 5) is 0. The predicted octanol–water partition coefficient (Wildman–Crippen LogP) is 4.14. The van der Waals surface area contributed by atoms with E-state index in [4.69, 9.17) is 4.74 Å². The highest BCUT2D eigenvalue weighted by atomic mass is 16.5. The van der Waals surface area contributed by atoms with Gasteiger partial charge in [0, 0.05) is 12.6 Å². The standard InChI is InChI=1S/C16H33NO/c1-4-12-17-15(11-10-14(2)3)7-5-8-16-9-6-13-18-16/h14-17H,4-13H2,1-3H3. The monoisotopic (exact) mass is 255 g/mol. The third-order valence-electron chi connectivity index (χ3n) is 3.88. The molecule has 1 saturated heterocycles. The fraction of sp³-hybridized carbons (Fsp3) is 1.00. The van der Waals surface area contributed by atoms with Gasteiger partial charge < -0.3 is 10.1 Å². The van der Waals surface area contributed by atoms with E-state index < -0.39 is 0 Å². The summed E-state index contributed by atoms with van der Waals surface area (Å²) in [7, 11) is 0. The van der Waals surface area contributed by atoms with Crippen molar-refractivity contribution in [3.05, 3.63) is 0 Å². The van der Waals surface area contributed by atoms with Gasteiger partial charge in [-0.2, -0.15) is 0 Å². The molecule has 1 heterocycles. The first-order valence-electron chi connectivity index (χ1n) is 8.07. The van der Waals surface area contributed by atoms with E-state index in [1.54, 1.807) is 0 Å². The van der Waals surface area contributed by atoms with Crippen LogP contribution >= 0.6 is 0 Å². The molecule has 0 amide bonds. The van der Waals surface area contributed by atoms with Crippen LogP contribution in [0.4, 0.5) is 0 Å². The van der Waals surface area contributed by atoms with Crippen molar-refractivity contribution in [2.24, 2.45) is 5.92 Å². The number of hydrogen-bond donors (Lipinski definition) is 1. The van der Waals surface area contributed by atoms with Crippen LogP contribution in [0.1, 0.15) is 72.1 Å². The number of hydrogen-bond acceptors (Lipinski definition) is 2. The van der Waals surface area contributed by atoms with Gasteiger partial charge in [-0.1, -0.05) is 20.8 Å². The molecule has 0 aromatic heterocycles. The van der Waals surface area contributed by atoms with Crippen molar-refractivity contribution in [3.63, 3.8) is 0 Å². The smallest absolute Gasteiger partial charge is 0.0576 e. The van der Waals surface area contributed by atoms with Gasteiger partial charge in [0.05, 0.1) is 6.10 Å². The summed E-state index contributed by atoms with van der Waals surface area (Å²) in [6, 6.07) is 0.730. The number of ether oxygens (including phenoxy) is 1. The van der Waals surface area contributed by atoms with Crippen molar-refractivity contribution in [3.8, 4) is 0 Å². The number of nitrogens with one attached hydrogen (secondary N) is 1. The van der Waals surface area contributed by atoms with E-state index in [1.807, 2.05) is 0 Å². The van der Waals surface area contributed by atoms with Crippen molar-refractivity contribution >= 4 is 0 Å². The third kappa shape index (κ3) is 7.38. The second-order valence-electron chi connectivity index (χ2n) is 6.19. The molecule has 1 fully saturated rings. The normalized spacial score (nSPS) is 21.7. The molecule has 1 N–H and O–H groups in total. The van der Waals surface area contributed by atoms with Crippen LogP contribution in [0.5, 0.6) is 0 Å². The van der Waals surface area contributed by atoms with Crippen LogP contribution in [0.25, 0.3) is 0 Å². The van der Waals surface area contributed by atoms with Gasteiger partial charge in [0.2, 0.25) is 0 Å². The maximum Gasteiger partial charge on any atom is 0.0576 e. The average Bonchev–Trinajstić information content (AvgIpc) is 2.84. The molecule has 108 valence electrons. The van der Waals surface area contributed by atoms with E-state index in [0.29, 0.717) is 6.10 Å². The Kier molecular flexibility index (Phi) is 8.70. The maximum atomic E-state index is 5.69. The van der Waals surface area contributed by atoms with Gasteiger partial charge in [-0.15, -0.1) is 0 Å². The van der Waals surface area contributed by atoms with Gasteiger partial charge in [-0.05, 0) is 63.8 Å². The van der Waals surface area contributed by atoms with Crippen LogP contribution in [0.3, 0.4) is 0 Å². The molecule has 0 spiro atoms. The minimum atomic E-state index is 0.571. The van der Waals surface area contributed by atoms with Crippen molar-refractivity contribution in [2.75, 3.05) is 13.2 Å². The highest BCUT2D eigenvalue weighted by Gasteiger charge is 2.16. The van der Waals surface area contributed by atoms with Gasteiger partial charge in [0.1, 0.15) is 0 Å². The SMILES string of the molecule is CCCNC(CCCC1CCCO1)CCC(C)C. The zero-order valence-corrected chi connectivity index (χ0v) is 12.7.